The summed E-state index contributed by atoms with van der Waals surface area (Å²) in [5, 5.41) is 0. The molecular weight excluding hydrogens is 390 g/mol. The highest BCUT2D eigenvalue weighted by Gasteiger charge is 2.35. The summed E-state index contributed by atoms with van der Waals surface area (Å²) in [6.45, 7) is 6.14. The van der Waals surface area contributed by atoms with E-state index >= 15 is 0 Å². The third-order valence-electron chi connectivity index (χ3n) is 5.44. The van der Waals surface area contributed by atoms with Gasteiger partial charge in [-0.1, -0.05) is 77.4 Å². The number of nitrogens with one attached hydrogen (secondary N) is 1. The van der Waals surface area contributed by atoms with Gasteiger partial charge >= 0.3 is 0 Å². The summed E-state index contributed by atoms with van der Waals surface area (Å²) in [6.07, 6.45) is 6.18. The SMILES string of the molecule is C#CCC(CNS(=O)(=O)c1ccc(C)cc1)(c1cccc(C)c1)c1cccc(C)c1. The summed E-state index contributed by atoms with van der Waals surface area (Å²) < 4.78 is 28.9. The highest BCUT2D eigenvalue weighted by atomic mass is 32.2. The van der Waals surface area contributed by atoms with Crippen LogP contribution >= 0.6 is 0 Å². The van der Waals surface area contributed by atoms with Gasteiger partial charge in [-0.25, -0.2) is 13.1 Å². The molecular formula is C26H27NO2S. The number of aryl methyl sites for hydroxylation is 3. The van der Waals surface area contributed by atoms with Crippen LogP contribution in [0.3, 0.4) is 0 Å². The lowest BCUT2D eigenvalue weighted by molar-refractivity contribution is 0.504. The van der Waals surface area contributed by atoms with Gasteiger partial charge in [-0.15, -0.1) is 12.3 Å². The fourth-order valence-corrected chi connectivity index (χ4v) is 4.81. The molecule has 0 fully saturated rings. The molecule has 3 rings (SSSR count). The van der Waals surface area contributed by atoms with E-state index < -0.39 is 15.4 Å². The first kappa shape index (κ1) is 21.8. The fraction of sp³-hybridized carbons (Fsp3) is 0.231. The molecule has 30 heavy (non-hydrogen) atoms. The maximum absolute atomic E-state index is 13.0. The second-order valence-corrected chi connectivity index (χ2v) is 9.61. The molecule has 0 bridgehead atoms. The Morgan fingerprint density at radius 2 is 1.37 bits per heavy atom. The number of terminal acetylenes is 1. The number of sulfonamides is 1. The highest BCUT2D eigenvalue weighted by molar-refractivity contribution is 7.89. The molecule has 0 heterocycles. The summed E-state index contributed by atoms with van der Waals surface area (Å²) in [7, 11) is -3.68. The van der Waals surface area contributed by atoms with Gasteiger partial charge < -0.3 is 0 Å². The smallest absolute Gasteiger partial charge is 0.210 e. The van der Waals surface area contributed by atoms with Crippen LogP contribution in [0.1, 0.15) is 34.2 Å². The monoisotopic (exact) mass is 417 g/mol. The fourth-order valence-electron chi connectivity index (χ4n) is 3.72. The lowest BCUT2D eigenvalue weighted by Gasteiger charge is -2.34. The van der Waals surface area contributed by atoms with Crippen LogP contribution in [0.4, 0.5) is 0 Å². The molecule has 3 nitrogen and oxygen atoms in total. The van der Waals surface area contributed by atoms with Crippen LogP contribution in [0.25, 0.3) is 0 Å². The van der Waals surface area contributed by atoms with Crippen molar-refractivity contribution in [2.75, 3.05) is 6.54 Å². The summed E-state index contributed by atoms with van der Waals surface area (Å²) >= 11 is 0. The van der Waals surface area contributed by atoms with Crippen molar-refractivity contribution in [1.82, 2.24) is 4.72 Å². The Morgan fingerprint density at radius 3 is 1.83 bits per heavy atom. The van der Waals surface area contributed by atoms with E-state index in [1.807, 2.05) is 57.2 Å². The minimum Gasteiger partial charge on any atom is -0.210 e. The van der Waals surface area contributed by atoms with E-state index in [-0.39, 0.29) is 11.4 Å². The van der Waals surface area contributed by atoms with Gasteiger partial charge in [0.2, 0.25) is 10.0 Å². The van der Waals surface area contributed by atoms with Crippen molar-refractivity contribution in [3.63, 3.8) is 0 Å². The van der Waals surface area contributed by atoms with Crippen molar-refractivity contribution < 1.29 is 8.42 Å². The van der Waals surface area contributed by atoms with Crippen LogP contribution in [0.5, 0.6) is 0 Å². The zero-order chi connectivity index (χ0) is 21.8. The summed E-state index contributed by atoms with van der Waals surface area (Å²) in [5.41, 5.74) is 4.53. The van der Waals surface area contributed by atoms with Gasteiger partial charge in [0.05, 0.1) is 4.90 Å². The molecule has 0 atom stereocenters. The molecule has 0 aliphatic heterocycles. The molecule has 0 aliphatic carbocycles. The van der Waals surface area contributed by atoms with Gasteiger partial charge in [-0.05, 0) is 44.0 Å². The van der Waals surface area contributed by atoms with Crippen LogP contribution < -0.4 is 4.72 Å². The minimum absolute atomic E-state index is 0.167. The van der Waals surface area contributed by atoms with Crippen molar-refractivity contribution in [1.29, 1.82) is 0 Å². The van der Waals surface area contributed by atoms with Crippen molar-refractivity contribution in [3.05, 3.63) is 101 Å². The Kier molecular flexibility index (Phi) is 6.45. The zero-order valence-electron chi connectivity index (χ0n) is 17.6. The Morgan fingerprint density at radius 1 is 0.833 bits per heavy atom. The topological polar surface area (TPSA) is 46.2 Å². The molecule has 4 heteroatoms. The largest absolute Gasteiger partial charge is 0.240 e. The van der Waals surface area contributed by atoms with E-state index in [4.69, 9.17) is 6.42 Å². The van der Waals surface area contributed by atoms with E-state index in [1.54, 1.807) is 24.3 Å². The van der Waals surface area contributed by atoms with Gasteiger partial charge in [0.25, 0.3) is 0 Å². The minimum atomic E-state index is -3.68. The first-order valence-electron chi connectivity index (χ1n) is 9.91. The van der Waals surface area contributed by atoms with Crippen molar-refractivity contribution in [3.8, 4) is 12.3 Å². The standard InChI is InChI=1S/C26H27NO2S/c1-5-16-26(23-10-6-8-21(3)17-23,24-11-7-9-22(4)18-24)19-27-30(28,29)25-14-12-20(2)13-15-25/h1,6-15,17-18,27H,16,19H2,2-4H3. The second kappa shape index (κ2) is 8.87. The Hall–Kier alpha value is -2.87. The van der Waals surface area contributed by atoms with Gasteiger partial charge in [0.1, 0.15) is 0 Å². The summed E-state index contributed by atoms with van der Waals surface area (Å²) in [6, 6.07) is 23.1. The molecule has 154 valence electrons. The maximum atomic E-state index is 13.0. The van der Waals surface area contributed by atoms with Crippen molar-refractivity contribution >= 4 is 10.0 Å². The lowest BCUT2D eigenvalue weighted by Crippen LogP contribution is -2.41. The van der Waals surface area contributed by atoms with E-state index in [9.17, 15) is 8.42 Å². The van der Waals surface area contributed by atoms with Gasteiger partial charge in [-0.3, -0.25) is 0 Å². The molecule has 0 spiro atoms. The van der Waals surface area contributed by atoms with E-state index in [2.05, 4.69) is 22.8 Å². The molecule has 0 radical (unpaired) electrons. The van der Waals surface area contributed by atoms with E-state index in [1.165, 1.54) is 0 Å². The van der Waals surface area contributed by atoms with Crippen molar-refractivity contribution in [2.45, 2.75) is 37.5 Å². The third kappa shape index (κ3) is 4.64. The number of hydrogen-bond acceptors (Lipinski definition) is 2. The average Bonchev–Trinajstić information content (AvgIpc) is 2.71. The quantitative estimate of drug-likeness (QED) is 0.556. The van der Waals surface area contributed by atoms with Crippen molar-refractivity contribution in [2.24, 2.45) is 0 Å². The molecule has 0 amide bonds. The average molecular weight is 418 g/mol. The molecule has 0 saturated carbocycles. The molecule has 3 aromatic carbocycles. The lowest BCUT2D eigenvalue weighted by atomic mass is 9.71. The Labute approximate surface area is 180 Å². The summed E-state index contributed by atoms with van der Waals surface area (Å²) in [5.74, 6) is 2.79. The zero-order valence-corrected chi connectivity index (χ0v) is 18.5. The molecule has 1 N–H and O–H groups in total. The van der Waals surface area contributed by atoms with Gasteiger partial charge in [0, 0.05) is 18.4 Å². The first-order chi connectivity index (χ1) is 14.3. The number of rotatable bonds is 7. The molecule has 0 aromatic heterocycles. The highest BCUT2D eigenvalue weighted by Crippen LogP contribution is 2.36. The molecule has 3 aromatic rings. The van der Waals surface area contributed by atoms with Crippen LogP contribution in [0.2, 0.25) is 0 Å². The van der Waals surface area contributed by atoms with E-state index in [0.29, 0.717) is 6.42 Å². The summed E-state index contributed by atoms with van der Waals surface area (Å²) in [4.78, 5) is 0.246. The predicted molar refractivity (Wildman–Crippen MR) is 123 cm³/mol. The third-order valence-corrected chi connectivity index (χ3v) is 6.86. The first-order valence-corrected chi connectivity index (χ1v) is 11.4. The van der Waals surface area contributed by atoms with Crippen LogP contribution in [0, 0.1) is 33.1 Å². The van der Waals surface area contributed by atoms with Crippen LogP contribution in [0.15, 0.2) is 77.7 Å². The molecule has 0 saturated heterocycles. The molecule has 0 unspecified atom stereocenters. The Bertz CT molecular complexity index is 1130. The number of hydrogen-bond donors (Lipinski definition) is 1. The predicted octanol–water partition coefficient (Wildman–Crippen LogP) is 4.90. The normalized spacial score (nSPS) is 11.8. The Balaban J connectivity index is 2.09. The van der Waals surface area contributed by atoms with Gasteiger partial charge in [0.15, 0.2) is 0 Å². The second-order valence-electron chi connectivity index (χ2n) is 7.84. The van der Waals surface area contributed by atoms with Crippen LogP contribution in [-0.4, -0.2) is 15.0 Å². The maximum Gasteiger partial charge on any atom is 0.240 e. The molecule has 0 aliphatic rings. The van der Waals surface area contributed by atoms with Gasteiger partial charge in [-0.2, -0.15) is 0 Å². The number of benzene rings is 3. The van der Waals surface area contributed by atoms with E-state index in [0.717, 1.165) is 27.8 Å². The van der Waals surface area contributed by atoms with Crippen LogP contribution in [-0.2, 0) is 15.4 Å².